The number of methoxy groups -OCH3 is 1. The van der Waals surface area contributed by atoms with Crippen LogP contribution in [0, 0.1) is 25.2 Å². The predicted octanol–water partition coefficient (Wildman–Crippen LogP) is 4.53. The monoisotopic (exact) mass is 359 g/mol. The maximum Gasteiger partial charge on any atom is 0.143 e. The first-order chi connectivity index (χ1) is 13.1. The third-order valence-electron chi connectivity index (χ3n) is 4.43. The highest BCUT2D eigenvalue weighted by Crippen LogP contribution is 2.22. The Bertz CT molecular complexity index is 995. The number of aromatic nitrogens is 1. The highest BCUT2D eigenvalue weighted by atomic mass is 16.6. The number of oxime groups is 1. The summed E-state index contributed by atoms with van der Waals surface area (Å²) in [5.41, 5.74) is 5.65. The molecule has 0 fully saturated rings. The van der Waals surface area contributed by atoms with Crippen LogP contribution in [0.25, 0.3) is 5.69 Å². The summed E-state index contributed by atoms with van der Waals surface area (Å²) in [7, 11) is 1.66. The molecule has 0 saturated carbocycles. The van der Waals surface area contributed by atoms with Gasteiger partial charge in [-0.05, 0) is 50.2 Å². The van der Waals surface area contributed by atoms with Gasteiger partial charge in [0.05, 0.1) is 25.0 Å². The minimum Gasteiger partial charge on any atom is -0.497 e. The van der Waals surface area contributed by atoms with Gasteiger partial charge in [-0.25, -0.2) is 0 Å². The van der Waals surface area contributed by atoms with Crippen molar-refractivity contribution in [1.29, 1.82) is 5.26 Å². The van der Waals surface area contributed by atoms with E-state index in [4.69, 9.17) is 14.8 Å². The zero-order valence-corrected chi connectivity index (χ0v) is 15.6. The molecule has 0 atom stereocenters. The molecule has 5 nitrogen and oxygen atoms in total. The van der Waals surface area contributed by atoms with Crippen LogP contribution in [0.4, 0.5) is 0 Å². The van der Waals surface area contributed by atoms with Crippen molar-refractivity contribution < 1.29 is 9.57 Å². The zero-order valence-electron chi connectivity index (χ0n) is 15.6. The number of benzene rings is 2. The fourth-order valence-corrected chi connectivity index (χ4v) is 3.00. The number of rotatable bonds is 6. The molecular formula is C22H21N3O2. The molecule has 1 heterocycles. The van der Waals surface area contributed by atoms with Crippen LogP contribution < -0.4 is 4.74 Å². The van der Waals surface area contributed by atoms with E-state index in [0.717, 1.165) is 34.0 Å². The van der Waals surface area contributed by atoms with Gasteiger partial charge in [0.2, 0.25) is 0 Å². The van der Waals surface area contributed by atoms with Crippen molar-refractivity contribution in [1.82, 2.24) is 4.57 Å². The first-order valence-electron chi connectivity index (χ1n) is 8.60. The summed E-state index contributed by atoms with van der Waals surface area (Å²) in [6.07, 6.45) is 1.71. The van der Waals surface area contributed by atoms with Gasteiger partial charge < -0.3 is 14.1 Å². The van der Waals surface area contributed by atoms with Crippen molar-refractivity contribution in [2.24, 2.45) is 5.16 Å². The first kappa shape index (κ1) is 18.3. The molecule has 0 N–H and O–H groups in total. The van der Waals surface area contributed by atoms with Crippen molar-refractivity contribution in [3.8, 4) is 17.5 Å². The average molecular weight is 359 g/mol. The van der Waals surface area contributed by atoms with E-state index in [0.29, 0.717) is 5.56 Å². The molecule has 0 unspecified atom stereocenters. The van der Waals surface area contributed by atoms with E-state index in [-0.39, 0.29) is 6.61 Å². The van der Waals surface area contributed by atoms with Gasteiger partial charge in [-0.3, -0.25) is 0 Å². The molecule has 1 aromatic heterocycles. The highest BCUT2D eigenvalue weighted by molar-refractivity contribution is 5.81. The zero-order chi connectivity index (χ0) is 19.2. The lowest BCUT2D eigenvalue weighted by Gasteiger charge is -2.10. The van der Waals surface area contributed by atoms with Crippen LogP contribution in [0.2, 0.25) is 0 Å². The van der Waals surface area contributed by atoms with Crippen LogP contribution in [0.3, 0.4) is 0 Å². The Kier molecular flexibility index (Phi) is 5.58. The Morgan fingerprint density at radius 2 is 1.85 bits per heavy atom. The first-order valence-corrected chi connectivity index (χ1v) is 8.60. The summed E-state index contributed by atoms with van der Waals surface area (Å²) < 4.78 is 7.38. The van der Waals surface area contributed by atoms with Crippen molar-refractivity contribution in [3.05, 3.63) is 82.7 Å². The minimum atomic E-state index is 0.261. The molecule has 0 spiro atoms. The third kappa shape index (κ3) is 4.01. The standard InChI is InChI=1S/C22H21N3O2/c1-16-12-20(14-24-27-15-19-7-5-4-6-18(19)13-23)17(2)25(16)21-8-10-22(26-3)11-9-21/h4-12,14H,15H2,1-3H3/b24-14-. The van der Waals surface area contributed by atoms with Crippen LogP contribution in [0.5, 0.6) is 5.75 Å². The van der Waals surface area contributed by atoms with Crippen molar-refractivity contribution >= 4 is 6.21 Å². The van der Waals surface area contributed by atoms with E-state index >= 15 is 0 Å². The molecule has 27 heavy (non-hydrogen) atoms. The van der Waals surface area contributed by atoms with Gasteiger partial charge in [0.25, 0.3) is 0 Å². The van der Waals surface area contributed by atoms with Crippen LogP contribution in [0.1, 0.15) is 28.1 Å². The molecule has 0 aliphatic carbocycles. The van der Waals surface area contributed by atoms with Gasteiger partial charge in [0, 0.05) is 28.2 Å². The number of nitriles is 1. The second-order valence-electron chi connectivity index (χ2n) is 6.14. The van der Waals surface area contributed by atoms with Crippen molar-refractivity contribution in [2.75, 3.05) is 7.11 Å². The number of hydrogen-bond donors (Lipinski definition) is 0. The summed E-state index contributed by atoms with van der Waals surface area (Å²) in [6.45, 7) is 4.36. The summed E-state index contributed by atoms with van der Waals surface area (Å²) in [5.74, 6) is 0.828. The molecule has 2 aromatic carbocycles. The van der Waals surface area contributed by atoms with E-state index in [9.17, 15) is 0 Å². The smallest absolute Gasteiger partial charge is 0.143 e. The van der Waals surface area contributed by atoms with Gasteiger partial charge in [-0.2, -0.15) is 5.26 Å². The molecular weight excluding hydrogens is 338 g/mol. The van der Waals surface area contributed by atoms with E-state index < -0.39 is 0 Å². The minimum absolute atomic E-state index is 0.261. The predicted molar refractivity (Wildman–Crippen MR) is 105 cm³/mol. The summed E-state index contributed by atoms with van der Waals surface area (Å²) in [5, 5.41) is 13.2. The Morgan fingerprint density at radius 3 is 2.56 bits per heavy atom. The SMILES string of the molecule is COc1ccc(-n2c(C)cc(/C=N\OCc3ccccc3C#N)c2C)cc1. The maximum absolute atomic E-state index is 9.11. The number of nitrogens with zero attached hydrogens (tertiary/aromatic N) is 3. The van der Waals surface area contributed by atoms with E-state index in [2.05, 4.69) is 28.8 Å². The molecule has 0 bridgehead atoms. The topological polar surface area (TPSA) is 59.5 Å². The van der Waals surface area contributed by atoms with Crippen LogP contribution in [0.15, 0.2) is 59.8 Å². The second-order valence-corrected chi connectivity index (χ2v) is 6.14. The summed E-state index contributed by atoms with van der Waals surface area (Å²) in [6, 6.07) is 19.5. The summed E-state index contributed by atoms with van der Waals surface area (Å²) in [4.78, 5) is 5.40. The molecule has 0 saturated heterocycles. The van der Waals surface area contributed by atoms with Crippen LogP contribution in [-0.4, -0.2) is 17.9 Å². The fourth-order valence-electron chi connectivity index (χ4n) is 3.00. The highest BCUT2D eigenvalue weighted by Gasteiger charge is 2.09. The maximum atomic E-state index is 9.11. The van der Waals surface area contributed by atoms with Gasteiger partial charge >= 0.3 is 0 Å². The van der Waals surface area contributed by atoms with Crippen LogP contribution in [-0.2, 0) is 11.4 Å². The molecule has 0 aliphatic rings. The van der Waals surface area contributed by atoms with Crippen molar-refractivity contribution in [2.45, 2.75) is 20.5 Å². The Morgan fingerprint density at radius 1 is 1.11 bits per heavy atom. The molecule has 136 valence electrons. The quantitative estimate of drug-likeness (QED) is 0.480. The normalized spacial score (nSPS) is 10.7. The molecule has 0 aliphatic heterocycles. The third-order valence-corrected chi connectivity index (χ3v) is 4.43. The molecule has 3 aromatic rings. The second kappa shape index (κ2) is 8.24. The van der Waals surface area contributed by atoms with Crippen molar-refractivity contribution in [3.63, 3.8) is 0 Å². The van der Waals surface area contributed by atoms with Gasteiger partial charge in [0.15, 0.2) is 0 Å². The number of aryl methyl sites for hydroxylation is 1. The molecule has 0 amide bonds. The van der Waals surface area contributed by atoms with E-state index in [1.807, 2.05) is 49.4 Å². The Labute approximate surface area is 159 Å². The van der Waals surface area contributed by atoms with E-state index in [1.165, 1.54) is 0 Å². The average Bonchev–Trinajstić information content (AvgIpc) is 2.99. The summed E-state index contributed by atoms with van der Waals surface area (Å²) >= 11 is 0. The van der Waals surface area contributed by atoms with Gasteiger partial charge in [-0.15, -0.1) is 0 Å². The Hall–Kier alpha value is -3.52. The molecule has 5 heteroatoms. The number of ether oxygens (including phenoxy) is 1. The lowest BCUT2D eigenvalue weighted by Crippen LogP contribution is -1.99. The largest absolute Gasteiger partial charge is 0.497 e. The van der Waals surface area contributed by atoms with Crippen LogP contribution >= 0.6 is 0 Å². The van der Waals surface area contributed by atoms with Gasteiger partial charge in [-0.1, -0.05) is 23.4 Å². The number of hydrogen-bond acceptors (Lipinski definition) is 4. The van der Waals surface area contributed by atoms with E-state index in [1.54, 1.807) is 19.4 Å². The lowest BCUT2D eigenvalue weighted by molar-refractivity contribution is 0.132. The fraction of sp³-hybridized carbons (Fsp3) is 0.182. The lowest BCUT2D eigenvalue weighted by atomic mass is 10.1. The molecule has 0 radical (unpaired) electrons. The molecule has 3 rings (SSSR count). The Balaban J connectivity index is 1.74. The van der Waals surface area contributed by atoms with Gasteiger partial charge in [0.1, 0.15) is 12.4 Å².